The molecule has 0 bridgehead atoms. The second-order valence-electron chi connectivity index (χ2n) is 4.76. The number of hydrogen-bond donors (Lipinski definition) is 1. The van der Waals surface area contributed by atoms with Gasteiger partial charge in [0, 0.05) is 12.0 Å². The normalized spacial score (nSPS) is 18.6. The minimum atomic E-state index is 0.521. The molecule has 0 aromatic carbocycles. The van der Waals surface area contributed by atoms with Crippen molar-refractivity contribution in [2.24, 2.45) is 5.92 Å². The van der Waals surface area contributed by atoms with E-state index in [1.54, 1.807) is 0 Å². The Morgan fingerprint density at radius 2 is 2.20 bits per heavy atom. The molecule has 1 aliphatic rings. The molecule has 15 heavy (non-hydrogen) atoms. The summed E-state index contributed by atoms with van der Waals surface area (Å²) in [5, 5.41) is 7.30. The van der Waals surface area contributed by atoms with Crippen LogP contribution < -0.4 is 5.32 Å². The van der Waals surface area contributed by atoms with Gasteiger partial charge in [0.15, 0.2) is 0 Å². The van der Waals surface area contributed by atoms with Gasteiger partial charge in [0.1, 0.15) is 5.76 Å². The molecule has 0 amide bonds. The second-order valence-corrected chi connectivity index (χ2v) is 4.76. The molecule has 3 nitrogen and oxygen atoms in total. The van der Waals surface area contributed by atoms with Crippen LogP contribution in [-0.2, 0) is 6.42 Å². The van der Waals surface area contributed by atoms with Crippen LogP contribution in [0.2, 0.25) is 0 Å². The fourth-order valence-corrected chi connectivity index (χ4v) is 2.25. The van der Waals surface area contributed by atoms with E-state index in [-0.39, 0.29) is 0 Å². The van der Waals surface area contributed by atoms with Gasteiger partial charge in [0.2, 0.25) is 0 Å². The third kappa shape index (κ3) is 2.59. The predicted octanol–water partition coefficient (Wildman–Crippen LogP) is 2.34. The summed E-state index contributed by atoms with van der Waals surface area (Å²) in [6.07, 6.45) is 5.47. The van der Waals surface area contributed by atoms with E-state index in [4.69, 9.17) is 4.52 Å². The highest BCUT2D eigenvalue weighted by Crippen LogP contribution is 2.24. The van der Waals surface area contributed by atoms with Gasteiger partial charge in [-0.2, -0.15) is 0 Å². The largest absolute Gasteiger partial charge is 0.361 e. The molecule has 3 heteroatoms. The monoisotopic (exact) mass is 208 g/mol. The van der Waals surface area contributed by atoms with Gasteiger partial charge in [-0.25, -0.2) is 0 Å². The van der Waals surface area contributed by atoms with Crippen LogP contribution in [0.25, 0.3) is 0 Å². The van der Waals surface area contributed by atoms with Gasteiger partial charge in [0.25, 0.3) is 0 Å². The molecular formula is C12H20N2O. The van der Waals surface area contributed by atoms with Gasteiger partial charge >= 0.3 is 0 Å². The average Bonchev–Trinajstić information content (AvgIpc) is 2.67. The van der Waals surface area contributed by atoms with Crippen LogP contribution in [0, 0.1) is 5.92 Å². The number of nitrogens with zero attached hydrogens (tertiary/aromatic N) is 1. The molecular weight excluding hydrogens is 188 g/mol. The van der Waals surface area contributed by atoms with Crippen LogP contribution >= 0.6 is 0 Å². The standard InChI is InChI=1S/C12H20N2O/c1-9(2)11-8-14-15-12(11)7-10-3-5-13-6-4-10/h8-10,13H,3-7H2,1-2H3. The summed E-state index contributed by atoms with van der Waals surface area (Å²) >= 11 is 0. The van der Waals surface area contributed by atoms with Crippen molar-refractivity contribution in [1.29, 1.82) is 0 Å². The first-order valence-electron chi connectivity index (χ1n) is 5.91. The zero-order valence-electron chi connectivity index (χ0n) is 9.62. The topological polar surface area (TPSA) is 38.1 Å². The van der Waals surface area contributed by atoms with Crippen LogP contribution in [0.4, 0.5) is 0 Å². The van der Waals surface area contributed by atoms with E-state index in [0.29, 0.717) is 5.92 Å². The minimum absolute atomic E-state index is 0.521. The van der Waals surface area contributed by atoms with Gasteiger partial charge < -0.3 is 9.84 Å². The Morgan fingerprint density at radius 1 is 1.47 bits per heavy atom. The summed E-state index contributed by atoms with van der Waals surface area (Å²) in [6, 6.07) is 0. The lowest BCUT2D eigenvalue weighted by Crippen LogP contribution is -2.28. The summed E-state index contributed by atoms with van der Waals surface area (Å²) in [5.74, 6) is 2.40. The molecule has 1 aromatic rings. The Morgan fingerprint density at radius 3 is 2.87 bits per heavy atom. The molecule has 1 aromatic heterocycles. The highest BCUT2D eigenvalue weighted by Gasteiger charge is 2.19. The fraction of sp³-hybridized carbons (Fsp3) is 0.750. The molecule has 1 N–H and O–H groups in total. The Bertz CT molecular complexity index is 300. The van der Waals surface area contributed by atoms with E-state index in [2.05, 4.69) is 24.3 Å². The number of aromatic nitrogens is 1. The number of hydrogen-bond acceptors (Lipinski definition) is 3. The van der Waals surface area contributed by atoms with Crippen molar-refractivity contribution in [2.75, 3.05) is 13.1 Å². The van der Waals surface area contributed by atoms with E-state index in [1.165, 1.54) is 18.4 Å². The molecule has 2 heterocycles. The molecule has 0 radical (unpaired) electrons. The summed E-state index contributed by atoms with van der Waals surface area (Å²) in [6.45, 7) is 6.68. The molecule has 1 saturated heterocycles. The Hall–Kier alpha value is -0.830. The van der Waals surface area contributed by atoms with Crippen molar-refractivity contribution in [3.63, 3.8) is 0 Å². The van der Waals surface area contributed by atoms with Crippen molar-refractivity contribution in [1.82, 2.24) is 10.5 Å². The van der Waals surface area contributed by atoms with Crippen molar-refractivity contribution in [2.45, 2.75) is 39.0 Å². The van der Waals surface area contributed by atoms with Crippen molar-refractivity contribution in [3.8, 4) is 0 Å². The summed E-state index contributed by atoms with van der Waals surface area (Å²) in [5.41, 5.74) is 1.29. The highest BCUT2D eigenvalue weighted by molar-refractivity contribution is 5.18. The fourth-order valence-electron chi connectivity index (χ4n) is 2.25. The molecule has 1 aliphatic heterocycles. The summed E-state index contributed by atoms with van der Waals surface area (Å²) in [4.78, 5) is 0. The van der Waals surface area contributed by atoms with E-state index in [9.17, 15) is 0 Å². The van der Waals surface area contributed by atoms with E-state index < -0.39 is 0 Å². The average molecular weight is 208 g/mol. The zero-order valence-corrected chi connectivity index (χ0v) is 9.62. The van der Waals surface area contributed by atoms with Crippen molar-refractivity contribution < 1.29 is 4.52 Å². The lowest BCUT2D eigenvalue weighted by atomic mass is 9.91. The van der Waals surface area contributed by atoms with Gasteiger partial charge in [0.05, 0.1) is 6.20 Å². The van der Waals surface area contributed by atoms with Crippen LogP contribution in [0.15, 0.2) is 10.7 Å². The quantitative estimate of drug-likeness (QED) is 0.828. The van der Waals surface area contributed by atoms with Crippen LogP contribution in [0.1, 0.15) is 43.9 Å². The first-order valence-corrected chi connectivity index (χ1v) is 5.91. The first kappa shape index (κ1) is 10.7. The Balaban J connectivity index is 1.99. The highest BCUT2D eigenvalue weighted by atomic mass is 16.5. The molecule has 0 saturated carbocycles. The zero-order chi connectivity index (χ0) is 10.7. The maximum absolute atomic E-state index is 5.36. The summed E-state index contributed by atoms with van der Waals surface area (Å²) in [7, 11) is 0. The maximum Gasteiger partial charge on any atom is 0.140 e. The van der Waals surface area contributed by atoms with Crippen molar-refractivity contribution in [3.05, 3.63) is 17.5 Å². The molecule has 0 spiro atoms. The van der Waals surface area contributed by atoms with Crippen LogP contribution in [0.3, 0.4) is 0 Å². The minimum Gasteiger partial charge on any atom is -0.361 e. The SMILES string of the molecule is CC(C)c1cnoc1CC1CCNCC1. The van der Waals surface area contributed by atoms with Gasteiger partial charge in [-0.1, -0.05) is 19.0 Å². The van der Waals surface area contributed by atoms with Crippen LogP contribution in [-0.4, -0.2) is 18.2 Å². The molecule has 84 valence electrons. The first-order chi connectivity index (χ1) is 7.27. The molecule has 0 unspecified atom stereocenters. The second kappa shape index (κ2) is 4.79. The number of rotatable bonds is 3. The van der Waals surface area contributed by atoms with E-state index in [1.807, 2.05) is 6.20 Å². The van der Waals surface area contributed by atoms with Gasteiger partial charge in [-0.15, -0.1) is 0 Å². The Labute approximate surface area is 91.2 Å². The molecule has 1 fully saturated rings. The lowest BCUT2D eigenvalue weighted by molar-refractivity contribution is 0.316. The maximum atomic E-state index is 5.36. The number of nitrogens with one attached hydrogen (secondary N) is 1. The van der Waals surface area contributed by atoms with Crippen LogP contribution in [0.5, 0.6) is 0 Å². The van der Waals surface area contributed by atoms with E-state index >= 15 is 0 Å². The molecule has 0 atom stereocenters. The number of piperidine rings is 1. The third-order valence-corrected chi connectivity index (χ3v) is 3.23. The van der Waals surface area contributed by atoms with E-state index in [0.717, 1.165) is 31.2 Å². The van der Waals surface area contributed by atoms with Gasteiger partial charge in [-0.05, 0) is 37.8 Å². The predicted molar refractivity (Wildman–Crippen MR) is 59.9 cm³/mol. The van der Waals surface area contributed by atoms with Crippen molar-refractivity contribution >= 4 is 0 Å². The molecule has 0 aliphatic carbocycles. The smallest absolute Gasteiger partial charge is 0.140 e. The third-order valence-electron chi connectivity index (χ3n) is 3.23. The summed E-state index contributed by atoms with van der Waals surface area (Å²) < 4.78 is 5.36. The van der Waals surface area contributed by atoms with Gasteiger partial charge in [-0.3, -0.25) is 0 Å². The molecule has 2 rings (SSSR count). The Kier molecular flexibility index (Phi) is 3.41. The lowest BCUT2D eigenvalue weighted by Gasteiger charge is -2.21.